The molecule has 0 spiro atoms. The average Bonchev–Trinajstić information content (AvgIpc) is 3.25. The predicted octanol–water partition coefficient (Wildman–Crippen LogP) is 4.39. The number of nitrogens with zero attached hydrogens (tertiary/aromatic N) is 1. The van der Waals surface area contributed by atoms with Gasteiger partial charge in [0.05, 0.1) is 12.6 Å². The molecule has 3 fully saturated rings. The summed E-state index contributed by atoms with van der Waals surface area (Å²) in [6, 6.07) is 6.03. The molecule has 4 N–H and O–H groups in total. The van der Waals surface area contributed by atoms with Crippen LogP contribution in [0.3, 0.4) is 0 Å². The number of aryl methyl sites for hydroxylation is 2. The number of anilines is 1. The van der Waals surface area contributed by atoms with E-state index in [1.165, 1.54) is 0 Å². The highest BCUT2D eigenvalue weighted by Gasteiger charge is 2.68. The van der Waals surface area contributed by atoms with Crippen LogP contribution in [0.2, 0.25) is 0 Å². The van der Waals surface area contributed by atoms with Crippen LogP contribution in [0.25, 0.3) is 0 Å². The van der Waals surface area contributed by atoms with Crippen molar-refractivity contribution in [1.29, 1.82) is 0 Å². The van der Waals surface area contributed by atoms with E-state index >= 15 is 0 Å². The molecular weight excluding hydrogens is 556 g/mol. The molecule has 0 aromatic heterocycles. The molecule has 8 nitrogen and oxygen atoms in total. The number of carbonyl (C=O) groups excluding carboxylic acids is 3. The monoisotopic (exact) mass is 608 g/mol. The number of hydrogen-bond donors (Lipinski definition) is 4. The number of para-hydroxylation sites is 1. The van der Waals surface area contributed by atoms with Crippen molar-refractivity contribution >= 4 is 23.2 Å². The number of hydrogen-bond acceptors (Lipinski definition) is 7. The number of benzene rings is 1. The minimum Gasteiger partial charge on any atom is -0.393 e. The van der Waals surface area contributed by atoms with Crippen molar-refractivity contribution in [2.75, 3.05) is 31.6 Å². The first-order valence-electron chi connectivity index (χ1n) is 16.2. The van der Waals surface area contributed by atoms with Crippen molar-refractivity contribution in [3.05, 3.63) is 53.1 Å². The Morgan fingerprint density at radius 1 is 1.11 bits per heavy atom. The Bertz CT molecular complexity index is 1310. The quantitative estimate of drug-likeness (QED) is 0.362. The first-order chi connectivity index (χ1) is 20.7. The zero-order chi connectivity index (χ0) is 32.6. The van der Waals surface area contributed by atoms with Gasteiger partial charge in [-0.1, -0.05) is 64.5 Å². The summed E-state index contributed by atoms with van der Waals surface area (Å²) in [5.41, 5.74) is 1.58. The summed E-state index contributed by atoms with van der Waals surface area (Å²) in [5, 5.41) is 34.9. The zero-order valence-corrected chi connectivity index (χ0v) is 27.5. The highest BCUT2D eigenvalue weighted by Crippen LogP contribution is 2.67. The maximum absolute atomic E-state index is 12.4. The van der Waals surface area contributed by atoms with Gasteiger partial charge >= 0.3 is 0 Å². The van der Waals surface area contributed by atoms with E-state index in [1.807, 2.05) is 45.0 Å². The molecule has 5 rings (SSSR count). The van der Waals surface area contributed by atoms with Crippen LogP contribution in [0.5, 0.6) is 0 Å². The van der Waals surface area contributed by atoms with Gasteiger partial charge in [0.1, 0.15) is 12.2 Å². The average molecular weight is 609 g/mol. The van der Waals surface area contributed by atoms with Gasteiger partial charge in [-0.2, -0.15) is 0 Å². The molecule has 1 aromatic rings. The molecule has 4 aliphatic carbocycles. The zero-order valence-electron chi connectivity index (χ0n) is 27.5. The largest absolute Gasteiger partial charge is 0.393 e. The van der Waals surface area contributed by atoms with E-state index in [9.17, 15) is 29.7 Å². The lowest BCUT2D eigenvalue weighted by Crippen LogP contribution is -2.62. The van der Waals surface area contributed by atoms with Gasteiger partial charge in [-0.3, -0.25) is 19.3 Å². The molecule has 8 heteroatoms. The number of ketones is 2. The number of amides is 1. The molecule has 0 bridgehead atoms. The second-order valence-corrected chi connectivity index (χ2v) is 14.0. The van der Waals surface area contributed by atoms with E-state index in [2.05, 4.69) is 37.9 Å². The summed E-state index contributed by atoms with van der Waals surface area (Å²) in [7, 11) is 0. The number of carbonyl (C=O) groups is 3. The van der Waals surface area contributed by atoms with Crippen molar-refractivity contribution in [2.45, 2.75) is 85.9 Å². The van der Waals surface area contributed by atoms with E-state index in [0.29, 0.717) is 19.4 Å². The molecule has 44 heavy (non-hydrogen) atoms. The van der Waals surface area contributed by atoms with E-state index in [4.69, 9.17) is 0 Å². The standard InChI is InChI=1S/C22H30O5.C14H22N2O/c1-12-8-14-15-5-7-22(27,18(26)11-23)21(15,3)10-17(25)19(14)20(2)6-4-13(24)9-16(12)20;1-5-16(6-2)10-13(17)15-14-11(3)8-7-9-12(14)4/h4,6,9,12,14-15,17,19,23,25,27H,5,7-8,10-11H2,1-3H3;7-9H,5-6,10H2,1-4H3,(H,15,17)/t12-,14-,15-,17-,19+,20-,21-,22-;/m0./s1. The van der Waals surface area contributed by atoms with Crippen molar-refractivity contribution in [1.82, 2.24) is 4.90 Å². The van der Waals surface area contributed by atoms with E-state index in [0.717, 1.165) is 48.3 Å². The van der Waals surface area contributed by atoms with Crippen LogP contribution in [0.4, 0.5) is 5.69 Å². The number of aliphatic hydroxyl groups excluding tert-OH is 2. The van der Waals surface area contributed by atoms with Crippen LogP contribution < -0.4 is 5.32 Å². The summed E-state index contributed by atoms with van der Waals surface area (Å²) in [5.74, 6) is -0.0156. The lowest BCUT2D eigenvalue weighted by atomic mass is 9.45. The fourth-order valence-electron chi connectivity index (χ4n) is 9.18. The molecule has 4 aliphatic rings. The fraction of sp³-hybridized carbons (Fsp3) is 0.639. The Labute approximate surface area is 262 Å². The Balaban J connectivity index is 0.000000225. The minimum absolute atomic E-state index is 0.00620. The van der Waals surface area contributed by atoms with Gasteiger partial charge < -0.3 is 20.6 Å². The summed E-state index contributed by atoms with van der Waals surface area (Å²) >= 11 is 0. The van der Waals surface area contributed by atoms with Crippen molar-refractivity contribution in [3.8, 4) is 0 Å². The minimum atomic E-state index is -1.57. The van der Waals surface area contributed by atoms with Crippen LogP contribution in [-0.2, 0) is 14.4 Å². The topological polar surface area (TPSA) is 127 Å². The number of Topliss-reactive ketones (excluding diaryl/α,β-unsaturated/α-hetero) is 1. The van der Waals surface area contributed by atoms with Gasteiger partial charge in [-0.05, 0) is 93.7 Å². The van der Waals surface area contributed by atoms with Crippen molar-refractivity contribution < 1.29 is 29.7 Å². The maximum atomic E-state index is 12.4. The van der Waals surface area contributed by atoms with Crippen LogP contribution in [0.15, 0.2) is 42.0 Å². The first kappa shape index (κ1) is 34.2. The first-order valence-corrected chi connectivity index (χ1v) is 16.2. The van der Waals surface area contributed by atoms with Crippen molar-refractivity contribution in [3.63, 3.8) is 0 Å². The van der Waals surface area contributed by atoms with Gasteiger partial charge in [0.2, 0.25) is 5.91 Å². The normalized spacial score (nSPS) is 35.6. The third-order valence-corrected chi connectivity index (χ3v) is 11.6. The second kappa shape index (κ2) is 13.0. The maximum Gasteiger partial charge on any atom is 0.238 e. The molecule has 0 unspecified atom stereocenters. The molecule has 0 heterocycles. The van der Waals surface area contributed by atoms with Crippen LogP contribution in [0, 0.1) is 48.3 Å². The Hall–Kier alpha value is -2.65. The lowest BCUT2D eigenvalue weighted by Gasteiger charge is -2.60. The molecule has 242 valence electrons. The van der Waals surface area contributed by atoms with Gasteiger partial charge in [0.25, 0.3) is 0 Å². The smallest absolute Gasteiger partial charge is 0.238 e. The highest BCUT2D eigenvalue weighted by atomic mass is 16.3. The second-order valence-electron chi connectivity index (χ2n) is 14.0. The van der Waals surface area contributed by atoms with E-state index < -0.39 is 29.5 Å². The number of likely N-dealkylation sites (N-methyl/N-ethyl adjacent to an activating group) is 1. The molecule has 0 saturated heterocycles. The Morgan fingerprint density at radius 2 is 1.75 bits per heavy atom. The Kier molecular flexibility index (Phi) is 10.1. The molecule has 0 radical (unpaired) electrons. The summed E-state index contributed by atoms with van der Waals surface area (Å²) < 4.78 is 0. The fourth-order valence-corrected chi connectivity index (χ4v) is 9.18. The summed E-state index contributed by atoms with van der Waals surface area (Å²) in [4.78, 5) is 38.4. The third kappa shape index (κ3) is 5.86. The molecule has 3 saturated carbocycles. The number of aliphatic hydroxyl groups is 3. The van der Waals surface area contributed by atoms with Crippen LogP contribution in [-0.4, -0.2) is 75.6 Å². The molecule has 1 aromatic carbocycles. The Morgan fingerprint density at radius 3 is 2.34 bits per heavy atom. The summed E-state index contributed by atoms with van der Waals surface area (Å²) in [6.45, 7) is 15.9. The number of fused-ring (bicyclic) bond motifs is 5. The molecular formula is C36H52N2O6. The summed E-state index contributed by atoms with van der Waals surface area (Å²) in [6.07, 6.45) is 6.87. The van der Waals surface area contributed by atoms with Gasteiger partial charge in [0, 0.05) is 22.4 Å². The number of rotatable bonds is 7. The lowest BCUT2D eigenvalue weighted by molar-refractivity contribution is -0.180. The molecule has 0 aliphatic heterocycles. The van der Waals surface area contributed by atoms with Gasteiger partial charge in [-0.15, -0.1) is 0 Å². The van der Waals surface area contributed by atoms with Crippen molar-refractivity contribution in [2.24, 2.45) is 34.5 Å². The molecule has 1 amide bonds. The third-order valence-electron chi connectivity index (χ3n) is 11.6. The highest BCUT2D eigenvalue weighted by molar-refractivity contribution is 6.01. The number of allylic oxidation sites excluding steroid dienone is 4. The van der Waals surface area contributed by atoms with Gasteiger partial charge in [-0.25, -0.2) is 0 Å². The molecule has 8 atom stereocenters. The SMILES string of the molecule is CCN(CC)CC(=O)Nc1c(C)cccc1C.C[C@H]1C[C@@H]2[C@H]([C@@H](O)C[C@@]3(C)[C@H]2CC[C@]3(O)C(=O)CO)[C@@]2(C)C=CC(=O)C=C12. The predicted molar refractivity (Wildman–Crippen MR) is 172 cm³/mol. The van der Waals surface area contributed by atoms with Crippen LogP contribution in [0.1, 0.15) is 71.4 Å². The van der Waals surface area contributed by atoms with E-state index in [-0.39, 0.29) is 40.8 Å². The van der Waals surface area contributed by atoms with Gasteiger partial charge in [0.15, 0.2) is 11.6 Å². The van der Waals surface area contributed by atoms with Crippen LogP contribution >= 0.6 is 0 Å². The van der Waals surface area contributed by atoms with E-state index in [1.54, 1.807) is 12.2 Å². The number of nitrogens with one attached hydrogen (secondary N) is 1.